The summed E-state index contributed by atoms with van der Waals surface area (Å²) >= 11 is 0. The Labute approximate surface area is 348 Å². The van der Waals surface area contributed by atoms with Crippen molar-refractivity contribution in [3.05, 3.63) is 125 Å². The second-order valence-electron chi connectivity index (χ2n) is 16.2. The minimum Gasteiger partial charge on any atom is -0.668 e. The lowest BCUT2D eigenvalue weighted by atomic mass is 9.58. The molecule has 0 radical (unpaired) electrons. The number of carbonyl (C=O) groups excluding carboxylic acids is 1. The summed E-state index contributed by atoms with van der Waals surface area (Å²) in [6.45, 7) is 0. The van der Waals surface area contributed by atoms with Crippen molar-refractivity contribution in [3.8, 4) is 34.5 Å². The average molecular weight is 813 g/mol. The van der Waals surface area contributed by atoms with E-state index < -0.39 is 41.1 Å². The fourth-order valence-electron chi connectivity index (χ4n) is 10.0. The number of nitrogens with zero attached hydrogens (tertiary/aromatic N) is 2. The molecule has 6 atom stereocenters. The van der Waals surface area contributed by atoms with Crippen LogP contribution in [-0.4, -0.2) is 67.8 Å². The van der Waals surface area contributed by atoms with Crippen molar-refractivity contribution in [1.29, 1.82) is 0 Å². The van der Waals surface area contributed by atoms with E-state index in [0.717, 1.165) is 38.8 Å². The van der Waals surface area contributed by atoms with Crippen LogP contribution < -0.4 is 19.8 Å². The van der Waals surface area contributed by atoms with Gasteiger partial charge in [0.2, 0.25) is 5.75 Å². The Balaban J connectivity index is 1.32. The number of phenols is 4. The van der Waals surface area contributed by atoms with Crippen molar-refractivity contribution >= 4 is 28.1 Å². The topological polar surface area (TPSA) is 196 Å². The third-order valence-electron chi connectivity index (χ3n) is 12.9. The zero-order valence-electron chi connectivity index (χ0n) is 33.6. The predicted molar refractivity (Wildman–Crippen MR) is 226 cm³/mol. The standard InChI is InChI=1S/C48H50N3O9/c1-59-43-20-27(5-13-39(43)54)6-14-40(55)46-41(56)22-28(30-23-42(57)47(58)44(24-30)60-2)7-10-35-34-11-9-33(52)21-29(34)8-12-37(35)51-45-25-31(16-19-50-45)48(46)17-15-38(53)36(48)26-32-4-3-18-49-32/h3-5,8-9,11-13,16,18-21,23-25,28,36,38,40,46,52-55,57-58H,6-7,10,14-15,17,22,26H2,1-2H3,(H,50,51)/q-1/t28-,36-,38+,40-,46+,48-/m1/s1. The van der Waals surface area contributed by atoms with Gasteiger partial charge in [-0.15, -0.1) is 0 Å². The molecule has 1 fully saturated rings. The largest absolute Gasteiger partial charge is 0.668 e. The number of aryl methyl sites for hydroxylation is 2. The van der Waals surface area contributed by atoms with E-state index in [0.29, 0.717) is 55.7 Å². The molecular weight excluding hydrogens is 763 g/mol. The minimum absolute atomic E-state index is 0.00611. The molecule has 2 aliphatic rings. The number of ketones is 1. The van der Waals surface area contributed by atoms with Gasteiger partial charge in [-0.2, -0.15) is 11.9 Å². The lowest BCUT2D eigenvalue weighted by Gasteiger charge is -2.46. The zero-order chi connectivity index (χ0) is 42.1. The van der Waals surface area contributed by atoms with Gasteiger partial charge in [-0.05, 0) is 144 Å². The third-order valence-corrected chi connectivity index (χ3v) is 12.9. The molecule has 2 aromatic heterocycles. The van der Waals surface area contributed by atoms with Gasteiger partial charge < -0.3 is 50.4 Å². The number of anilines is 2. The molecule has 1 aliphatic carbocycles. The first kappa shape index (κ1) is 40.5. The monoisotopic (exact) mass is 812 g/mol. The summed E-state index contributed by atoms with van der Waals surface area (Å²) in [4.78, 5) is 25.0. The van der Waals surface area contributed by atoms with Crippen molar-refractivity contribution in [2.24, 2.45) is 11.8 Å². The number of hydrogen-bond donors (Lipinski definition) is 7. The summed E-state index contributed by atoms with van der Waals surface area (Å²) < 4.78 is 10.8. The molecule has 8 rings (SSSR count). The molecule has 312 valence electrons. The Morgan fingerprint density at radius 2 is 1.75 bits per heavy atom. The molecule has 1 aliphatic heterocycles. The number of aromatic hydroxyl groups is 4. The lowest BCUT2D eigenvalue weighted by molar-refractivity contribution is -0.132. The van der Waals surface area contributed by atoms with Crippen LogP contribution in [-0.2, 0) is 29.5 Å². The molecule has 4 aromatic carbocycles. The highest BCUT2D eigenvalue weighted by molar-refractivity contribution is 5.92. The molecule has 2 bridgehead atoms. The van der Waals surface area contributed by atoms with Gasteiger partial charge in [0.05, 0.1) is 32.3 Å². The Bertz CT molecular complexity index is 2510. The molecule has 6 aromatic rings. The van der Waals surface area contributed by atoms with Gasteiger partial charge in [-0.3, -0.25) is 4.79 Å². The molecule has 12 nitrogen and oxygen atoms in total. The molecule has 1 spiro atoms. The normalized spacial score (nSPS) is 22.3. The Kier molecular flexibility index (Phi) is 11.3. The maximum atomic E-state index is 15.7. The van der Waals surface area contributed by atoms with Gasteiger partial charge in [-0.25, -0.2) is 4.98 Å². The number of aliphatic hydroxyl groups is 2. The van der Waals surface area contributed by atoms with Crippen LogP contribution in [0.15, 0.2) is 97.3 Å². The molecule has 3 heterocycles. The van der Waals surface area contributed by atoms with Crippen LogP contribution in [0.25, 0.3) is 10.8 Å². The maximum absolute atomic E-state index is 15.7. The van der Waals surface area contributed by atoms with Crippen LogP contribution in [0, 0.1) is 11.8 Å². The first-order valence-corrected chi connectivity index (χ1v) is 20.4. The van der Waals surface area contributed by atoms with E-state index in [2.05, 4.69) is 10.3 Å². The Morgan fingerprint density at radius 3 is 2.53 bits per heavy atom. The number of nitrogens with one attached hydrogen (secondary N) is 1. The molecular formula is C48H50N3O9-. The summed E-state index contributed by atoms with van der Waals surface area (Å²) in [6.07, 6.45) is 3.91. The molecule has 0 unspecified atom stereocenters. The third kappa shape index (κ3) is 7.68. The van der Waals surface area contributed by atoms with Gasteiger partial charge in [0.25, 0.3) is 0 Å². The van der Waals surface area contributed by atoms with E-state index in [1.165, 1.54) is 20.3 Å². The summed E-state index contributed by atoms with van der Waals surface area (Å²) in [5, 5.41) is 72.2. The van der Waals surface area contributed by atoms with E-state index in [9.17, 15) is 30.6 Å². The van der Waals surface area contributed by atoms with Crippen LogP contribution in [0.3, 0.4) is 0 Å². The molecule has 7 N–H and O–H groups in total. The highest BCUT2D eigenvalue weighted by Gasteiger charge is 2.57. The summed E-state index contributed by atoms with van der Waals surface area (Å²) in [5.74, 6) is -2.08. The van der Waals surface area contributed by atoms with Crippen LogP contribution in [0.4, 0.5) is 11.5 Å². The number of pyridine rings is 1. The molecule has 0 amide bonds. The van der Waals surface area contributed by atoms with Gasteiger partial charge >= 0.3 is 0 Å². The Morgan fingerprint density at radius 1 is 0.917 bits per heavy atom. The van der Waals surface area contributed by atoms with Crippen LogP contribution in [0.2, 0.25) is 0 Å². The molecule has 60 heavy (non-hydrogen) atoms. The summed E-state index contributed by atoms with van der Waals surface area (Å²) in [7, 11) is 2.87. The number of fused-ring (bicyclic) bond motifs is 6. The number of hydrogen-bond acceptors (Lipinski definition) is 11. The van der Waals surface area contributed by atoms with Crippen molar-refractivity contribution in [2.45, 2.75) is 74.9 Å². The average Bonchev–Trinajstić information content (AvgIpc) is 3.88. The fraction of sp³-hybridized carbons (Fsp3) is 0.333. The number of ether oxygens (including phenoxy) is 2. The second kappa shape index (κ2) is 16.8. The highest BCUT2D eigenvalue weighted by Crippen LogP contribution is 2.55. The van der Waals surface area contributed by atoms with Crippen LogP contribution in [0.5, 0.6) is 34.5 Å². The fourth-order valence-corrected chi connectivity index (χ4v) is 10.0. The van der Waals surface area contributed by atoms with E-state index in [-0.39, 0.29) is 41.6 Å². The first-order valence-electron chi connectivity index (χ1n) is 20.4. The highest BCUT2D eigenvalue weighted by atomic mass is 16.5. The lowest BCUT2D eigenvalue weighted by Crippen LogP contribution is -2.51. The van der Waals surface area contributed by atoms with E-state index in [1.54, 1.807) is 48.8 Å². The van der Waals surface area contributed by atoms with Crippen molar-refractivity contribution < 1.29 is 44.9 Å². The number of carbonyl (C=O) groups is 1. The van der Waals surface area contributed by atoms with E-state index in [4.69, 9.17) is 14.5 Å². The number of methoxy groups -OCH3 is 2. The first-order chi connectivity index (χ1) is 29.0. The van der Waals surface area contributed by atoms with Gasteiger partial charge in [0, 0.05) is 23.7 Å². The van der Waals surface area contributed by atoms with Gasteiger partial charge in [-0.1, -0.05) is 30.3 Å². The van der Waals surface area contributed by atoms with Gasteiger partial charge in [0.1, 0.15) is 17.4 Å². The van der Waals surface area contributed by atoms with Crippen LogP contribution >= 0.6 is 0 Å². The van der Waals surface area contributed by atoms with Crippen molar-refractivity contribution in [1.82, 2.24) is 9.97 Å². The zero-order valence-corrected chi connectivity index (χ0v) is 33.6. The second-order valence-corrected chi connectivity index (χ2v) is 16.2. The Hall–Kier alpha value is -6.24. The predicted octanol–water partition coefficient (Wildman–Crippen LogP) is 7.33. The SMILES string of the molecule is COc1cc(CC[C@@H](O)[C@H]2C(=O)C[C@H](c3cc(O)c(O)c(OC)c3)CCc3c(ccc4cc(O)ccc34)Nc3cc(ccn3)[C@@]23CC[C@H](O)[C@H]3Cc2ccc[n-]2)ccc1O. The van der Waals surface area contributed by atoms with Crippen LogP contribution in [0.1, 0.15) is 66.0 Å². The number of aromatic nitrogens is 2. The van der Waals surface area contributed by atoms with Crippen molar-refractivity contribution in [3.63, 3.8) is 0 Å². The number of aliphatic hydroxyl groups excluding tert-OH is 2. The summed E-state index contributed by atoms with van der Waals surface area (Å²) in [5.41, 5.74) is 3.52. The quantitative estimate of drug-likeness (QED) is 0.0720. The minimum atomic E-state index is -1.19. The number of Topliss-reactive ketones (excluding diaryl/α,β-unsaturated/α-hetero) is 1. The molecule has 0 saturated heterocycles. The number of rotatable bonds is 9. The van der Waals surface area contributed by atoms with E-state index >= 15 is 4.79 Å². The number of benzene rings is 4. The van der Waals surface area contributed by atoms with Crippen molar-refractivity contribution in [2.75, 3.05) is 19.5 Å². The maximum Gasteiger partial charge on any atom is 0.200 e. The smallest absolute Gasteiger partial charge is 0.200 e. The van der Waals surface area contributed by atoms with E-state index in [1.807, 2.05) is 42.5 Å². The van der Waals surface area contributed by atoms with Gasteiger partial charge in [0.15, 0.2) is 23.0 Å². The summed E-state index contributed by atoms with van der Waals surface area (Å²) in [6, 6.07) is 24.8. The molecule has 1 saturated carbocycles. The molecule has 12 heteroatoms. The number of phenolic OH excluding ortho intramolecular Hbond substituents is 4.